The summed E-state index contributed by atoms with van der Waals surface area (Å²) in [4.78, 5) is 33.0. The normalized spacial score (nSPS) is 19.8. The van der Waals surface area contributed by atoms with Gasteiger partial charge < -0.3 is 0 Å². The Bertz CT molecular complexity index is 2300. The maximum atomic E-state index is 14.5. The first-order valence-electron chi connectivity index (χ1n) is 23.0. The fraction of sp³-hybridized carbons (Fsp3) is 0.345. The Morgan fingerprint density at radius 2 is 1.47 bits per heavy atom. The van der Waals surface area contributed by atoms with Crippen LogP contribution in [-0.4, -0.2) is 11.6 Å². The van der Waals surface area contributed by atoms with E-state index in [9.17, 15) is 9.59 Å². The molecule has 0 amide bonds. The summed E-state index contributed by atoms with van der Waals surface area (Å²) in [6.07, 6.45) is 30.7. The molecule has 0 bridgehead atoms. The SMILES string of the molecule is C/C=C(\C=C/CCCCC(C)CCC)c1ccc(SC2=CC(C)=CC3=C(C2)C(=O)C2=C(C3=O)C(Sc3ccc(-c4ccc(C5CCC(C)CC5)cc4)cc3)=CCC=C2)cc1.C=C. The molecule has 1 saturated carbocycles. The molecule has 2 nitrogen and oxygen atoms in total. The predicted molar refractivity (Wildman–Crippen MR) is 269 cm³/mol. The molecule has 62 heavy (non-hydrogen) atoms. The number of hydrogen-bond donors (Lipinski definition) is 0. The van der Waals surface area contributed by atoms with Crippen molar-refractivity contribution < 1.29 is 9.59 Å². The average Bonchev–Trinajstić information content (AvgIpc) is 3.61. The summed E-state index contributed by atoms with van der Waals surface area (Å²) in [5, 5.41) is 0. The van der Waals surface area contributed by atoms with Crippen molar-refractivity contribution in [2.24, 2.45) is 11.8 Å². The topological polar surface area (TPSA) is 34.1 Å². The summed E-state index contributed by atoms with van der Waals surface area (Å²) < 4.78 is 0. The van der Waals surface area contributed by atoms with Crippen LogP contribution in [0.25, 0.3) is 16.7 Å². The van der Waals surface area contributed by atoms with Crippen LogP contribution in [0.2, 0.25) is 0 Å². The van der Waals surface area contributed by atoms with Crippen molar-refractivity contribution in [3.05, 3.63) is 183 Å². The largest absolute Gasteiger partial charge is 0.289 e. The molecular formula is C58H66O2S2. The van der Waals surface area contributed by atoms with Crippen LogP contribution in [0, 0.1) is 11.8 Å². The number of benzene rings is 3. The van der Waals surface area contributed by atoms with E-state index in [-0.39, 0.29) is 11.6 Å². The molecule has 0 spiro atoms. The van der Waals surface area contributed by atoms with E-state index in [1.54, 1.807) is 23.5 Å². The van der Waals surface area contributed by atoms with Gasteiger partial charge in [-0.3, -0.25) is 9.59 Å². The molecule has 4 heteroatoms. The molecule has 3 aromatic carbocycles. The van der Waals surface area contributed by atoms with Crippen LogP contribution in [-0.2, 0) is 9.59 Å². The minimum atomic E-state index is -0.0598. The lowest BCUT2D eigenvalue weighted by molar-refractivity contribution is -0.116. The molecule has 1 unspecified atom stereocenters. The molecule has 0 N–H and O–H groups in total. The van der Waals surface area contributed by atoms with Crippen molar-refractivity contribution >= 4 is 40.7 Å². The first-order chi connectivity index (χ1) is 30.2. The van der Waals surface area contributed by atoms with Gasteiger partial charge in [-0.25, -0.2) is 0 Å². The Labute approximate surface area is 381 Å². The van der Waals surface area contributed by atoms with Gasteiger partial charge in [-0.2, -0.15) is 0 Å². The number of carbonyl (C=O) groups excluding carboxylic acids is 2. The van der Waals surface area contributed by atoms with Crippen molar-refractivity contribution in [1.29, 1.82) is 0 Å². The number of thioether (sulfide) groups is 2. The number of rotatable bonds is 15. The molecular weight excluding hydrogens is 793 g/mol. The van der Waals surface area contributed by atoms with Gasteiger partial charge in [0.25, 0.3) is 0 Å². The molecule has 0 radical (unpaired) electrons. The van der Waals surface area contributed by atoms with E-state index < -0.39 is 0 Å². The summed E-state index contributed by atoms with van der Waals surface area (Å²) in [6.45, 7) is 17.2. The molecule has 1 fully saturated rings. The second-order valence-corrected chi connectivity index (χ2v) is 19.7. The standard InChI is InChI=1S/C56H62O2S2.C2H4/c1-6-14-38(3)15-10-8-9-11-16-41(7-2)42-27-31-47(32-28-42)59-49-35-40(5)36-51-52(37-49)55(57)50-17-12-13-18-53(54(50)56(51)58)60-48-33-29-46(30-34-48)45-25-23-44(24-26-45)43-21-19-39(4)20-22-43;1-2/h7,11-12,16-18,23-36,38-39,43H,6,8-10,13-15,19-22,37H2,1-5H3;1-2H2/b16-11-,41-7+;. The van der Waals surface area contributed by atoms with Crippen LogP contribution < -0.4 is 0 Å². The van der Waals surface area contributed by atoms with E-state index in [1.165, 1.54) is 85.6 Å². The summed E-state index contributed by atoms with van der Waals surface area (Å²) in [7, 11) is 0. The van der Waals surface area contributed by atoms with Gasteiger partial charge in [0, 0.05) is 43.4 Å². The van der Waals surface area contributed by atoms with Crippen LogP contribution in [0.4, 0.5) is 0 Å². The number of unbranched alkanes of at least 4 members (excludes halogenated alkanes) is 2. The van der Waals surface area contributed by atoms with Crippen molar-refractivity contribution in [3.8, 4) is 11.1 Å². The molecule has 322 valence electrons. The third-order valence-corrected chi connectivity index (χ3v) is 14.8. The molecule has 7 rings (SSSR count). The third-order valence-electron chi connectivity index (χ3n) is 12.6. The van der Waals surface area contributed by atoms with Gasteiger partial charge >= 0.3 is 0 Å². The zero-order valence-corrected chi connectivity index (χ0v) is 39.4. The lowest BCUT2D eigenvalue weighted by atomic mass is 9.79. The van der Waals surface area contributed by atoms with Gasteiger partial charge in [-0.1, -0.05) is 168 Å². The lowest BCUT2D eigenvalue weighted by Gasteiger charge is -2.26. The Morgan fingerprint density at radius 1 is 0.806 bits per heavy atom. The van der Waals surface area contributed by atoms with E-state index in [2.05, 4.69) is 144 Å². The summed E-state index contributed by atoms with van der Waals surface area (Å²) in [6, 6.07) is 26.5. The second-order valence-electron chi connectivity index (χ2n) is 17.4. The summed E-state index contributed by atoms with van der Waals surface area (Å²) >= 11 is 3.26. The molecule has 0 aliphatic heterocycles. The van der Waals surface area contributed by atoms with Gasteiger partial charge in [0.1, 0.15) is 0 Å². The van der Waals surface area contributed by atoms with Gasteiger partial charge in [0.2, 0.25) is 0 Å². The second kappa shape index (κ2) is 23.2. The van der Waals surface area contributed by atoms with E-state index in [0.29, 0.717) is 41.1 Å². The van der Waals surface area contributed by atoms with Crippen LogP contribution in [0.3, 0.4) is 0 Å². The van der Waals surface area contributed by atoms with E-state index in [0.717, 1.165) is 43.4 Å². The van der Waals surface area contributed by atoms with Crippen molar-refractivity contribution in [1.82, 2.24) is 0 Å². The van der Waals surface area contributed by atoms with Gasteiger partial charge in [0.05, 0.1) is 0 Å². The average molecular weight is 859 g/mol. The monoisotopic (exact) mass is 858 g/mol. The number of ketones is 2. The van der Waals surface area contributed by atoms with Crippen molar-refractivity contribution in [2.45, 2.75) is 127 Å². The Kier molecular flexibility index (Phi) is 17.5. The number of hydrogen-bond acceptors (Lipinski definition) is 4. The smallest absolute Gasteiger partial charge is 0.195 e. The number of Topliss-reactive ketones (excluding diaryl/α,β-unsaturated/α-hetero) is 2. The molecule has 4 aliphatic carbocycles. The first kappa shape index (κ1) is 46.9. The Balaban J connectivity index is 0.00000316. The number of allylic oxidation sites excluding steroid dienone is 15. The summed E-state index contributed by atoms with van der Waals surface area (Å²) in [5.41, 5.74) is 9.43. The minimum Gasteiger partial charge on any atom is -0.289 e. The van der Waals surface area contributed by atoms with Crippen molar-refractivity contribution in [2.75, 3.05) is 0 Å². The van der Waals surface area contributed by atoms with Crippen LogP contribution in [0.1, 0.15) is 129 Å². The quantitative estimate of drug-likeness (QED) is 0.0660. The molecule has 0 saturated heterocycles. The first-order valence-corrected chi connectivity index (χ1v) is 24.7. The zero-order valence-electron chi connectivity index (χ0n) is 37.8. The van der Waals surface area contributed by atoms with Crippen molar-refractivity contribution in [3.63, 3.8) is 0 Å². The van der Waals surface area contributed by atoms with E-state index in [4.69, 9.17) is 0 Å². The van der Waals surface area contributed by atoms with Gasteiger partial charge in [-0.05, 0) is 138 Å². The molecule has 0 heterocycles. The zero-order chi connectivity index (χ0) is 44.0. The maximum absolute atomic E-state index is 14.5. The van der Waals surface area contributed by atoms with Gasteiger partial charge in [-0.15, -0.1) is 13.2 Å². The minimum absolute atomic E-state index is 0.0430. The fourth-order valence-corrected chi connectivity index (χ4v) is 11.2. The van der Waals surface area contributed by atoms with E-state index >= 15 is 0 Å². The van der Waals surface area contributed by atoms with Crippen LogP contribution in [0.15, 0.2) is 182 Å². The highest BCUT2D eigenvalue weighted by Crippen LogP contribution is 2.45. The lowest BCUT2D eigenvalue weighted by Crippen LogP contribution is -2.23. The highest BCUT2D eigenvalue weighted by Gasteiger charge is 2.36. The molecule has 1 atom stereocenters. The van der Waals surface area contributed by atoms with Gasteiger partial charge in [0.15, 0.2) is 11.6 Å². The highest BCUT2D eigenvalue weighted by molar-refractivity contribution is 8.03. The molecule has 0 aromatic heterocycles. The third kappa shape index (κ3) is 12.1. The number of carbonyl (C=O) groups is 2. The Hall–Kier alpha value is -4.64. The Morgan fingerprint density at radius 3 is 2.15 bits per heavy atom. The van der Waals surface area contributed by atoms with E-state index in [1.807, 2.05) is 25.2 Å². The van der Waals surface area contributed by atoms with Crippen LogP contribution in [0.5, 0.6) is 0 Å². The molecule has 3 aromatic rings. The highest BCUT2D eigenvalue weighted by atomic mass is 32.2. The predicted octanol–water partition coefficient (Wildman–Crippen LogP) is 17.1. The summed E-state index contributed by atoms with van der Waals surface area (Å²) in [5.74, 6) is 2.27. The van der Waals surface area contributed by atoms with Crippen LogP contribution >= 0.6 is 23.5 Å². The fourth-order valence-electron chi connectivity index (χ4n) is 9.11. The molecule has 4 aliphatic rings. The maximum Gasteiger partial charge on any atom is 0.195 e.